The van der Waals surface area contributed by atoms with E-state index in [0.29, 0.717) is 22.9 Å². The van der Waals surface area contributed by atoms with E-state index < -0.39 is 0 Å². The van der Waals surface area contributed by atoms with Gasteiger partial charge >= 0.3 is 0 Å². The van der Waals surface area contributed by atoms with Crippen molar-refractivity contribution in [1.82, 2.24) is 15.0 Å². The first-order valence-electron chi connectivity index (χ1n) is 4.94. The zero-order valence-electron chi connectivity index (χ0n) is 9.65. The van der Waals surface area contributed by atoms with E-state index in [1.807, 2.05) is 0 Å². The van der Waals surface area contributed by atoms with Gasteiger partial charge in [0.25, 0.3) is 0 Å². The highest BCUT2D eigenvalue weighted by Crippen LogP contribution is 2.36. The maximum absolute atomic E-state index is 5.76. The average Bonchev–Trinajstić information content (AvgIpc) is 2.36. The molecule has 0 spiro atoms. The van der Waals surface area contributed by atoms with Gasteiger partial charge in [-0.25, -0.2) is 0 Å². The second kappa shape index (κ2) is 5.37. The number of hydrogen-bond donors (Lipinski definition) is 0. The first kappa shape index (κ1) is 12.9. The van der Waals surface area contributed by atoms with Crippen molar-refractivity contribution in [1.29, 1.82) is 0 Å². The zero-order valence-corrected chi connectivity index (χ0v) is 11.2. The Morgan fingerprint density at radius 2 is 1.39 bits per heavy atom. The van der Waals surface area contributed by atoms with Gasteiger partial charge in [0.1, 0.15) is 17.1 Å². The van der Waals surface area contributed by atoms with Crippen LogP contribution in [-0.2, 0) is 0 Å². The van der Waals surface area contributed by atoms with E-state index in [1.165, 1.54) is 0 Å². The molecule has 0 unspecified atom stereocenters. The summed E-state index contributed by atoms with van der Waals surface area (Å²) in [6.45, 7) is 0. The Labute approximate surface area is 114 Å². The molecule has 5 nitrogen and oxygen atoms in total. The smallest absolute Gasteiger partial charge is 0.227 e. The lowest BCUT2D eigenvalue weighted by atomic mass is 10.1. The Morgan fingerprint density at radius 1 is 0.889 bits per heavy atom. The first-order chi connectivity index (χ1) is 8.65. The molecule has 0 bridgehead atoms. The molecule has 0 radical (unpaired) electrons. The lowest BCUT2D eigenvalue weighted by Gasteiger charge is -2.11. The fourth-order valence-corrected chi connectivity index (χ4v) is 1.87. The molecule has 0 atom stereocenters. The molecule has 18 heavy (non-hydrogen) atoms. The molecule has 0 saturated heterocycles. The van der Waals surface area contributed by atoms with Crippen LogP contribution in [0.15, 0.2) is 18.2 Å². The van der Waals surface area contributed by atoms with Gasteiger partial charge in [-0.1, -0.05) is 6.07 Å². The molecule has 0 fully saturated rings. The normalized spacial score (nSPS) is 10.2. The van der Waals surface area contributed by atoms with E-state index in [1.54, 1.807) is 32.4 Å². The van der Waals surface area contributed by atoms with Crippen molar-refractivity contribution in [3.05, 3.63) is 28.8 Å². The Morgan fingerprint density at radius 3 is 1.83 bits per heavy atom. The number of aromatic nitrogens is 3. The molecule has 0 aliphatic rings. The number of hydrogen-bond acceptors (Lipinski definition) is 5. The third-order valence-electron chi connectivity index (χ3n) is 2.23. The molecular formula is C11H9Cl2N3O2. The minimum Gasteiger partial charge on any atom is -0.496 e. The van der Waals surface area contributed by atoms with Gasteiger partial charge in [0.15, 0.2) is 5.82 Å². The van der Waals surface area contributed by atoms with E-state index in [2.05, 4.69) is 15.0 Å². The van der Waals surface area contributed by atoms with Crippen LogP contribution in [-0.4, -0.2) is 29.2 Å². The lowest BCUT2D eigenvalue weighted by molar-refractivity contribution is 0.397. The van der Waals surface area contributed by atoms with Gasteiger partial charge in [0.2, 0.25) is 10.6 Å². The van der Waals surface area contributed by atoms with E-state index in [-0.39, 0.29) is 10.6 Å². The van der Waals surface area contributed by atoms with Gasteiger partial charge in [-0.15, -0.1) is 0 Å². The molecule has 94 valence electrons. The molecule has 1 heterocycles. The van der Waals surface area contributed by atoms with Crippen LogP contribution in [0.1, 0.15) is 0 Å². The monoisotopic (exact) mass is 285 g/mol. The van der Waals surface area contributed by atoms with E-state index in [9.17, 15) is 0 Å². The number of benzene rings is 1. The average molecular weight is 286 g/mol. The largest absolute Gasteiger partial charge is 0.496 e. The van der Waals surface area contributed by atoms with Crippen LogP contribution in [0.3, 0.4) is 0 Å². The van der Waals surface area contributed by atoms with Crippen molar-refractivity contribution in [2.24, 2.45) is 0 Å². The number of rotatable bonds is 3. The van der Waals surface area contributed by atoms with Crippen molar-refractivity contribution < 1.29 is 9.47 Å². The summed E-state index contributed by atoms with van der Waals surface area (Å²) in [5.41, 5.74) is 0.578. The van der Waals surface area contributed by atoms with Crippen LogP contribution in [0.4, 0.5) is 0 Å². The van der Waals surface area contributed by atoms with Crippen molar-refractivity contribution in [2.45, 2.75) is 0 Å². The number of methoxy groups -OCH3 is 2. The first-order valence-corrected chi connectivity index (χ1v) is 5.69. The van der Waals surface area contributed by atoms with Crippen LogP contribution in [0.2, 0.25) is 10.6 Å². The molecule has 0 amide bonds. The predicted molar refractivity (Wildman–Crippen MR) is 68.4 cm³/mol. The maximum atomic E-state index is 5.76. The van der Waals surface area contributed by atoms with Crippen molar-refractivity contribution in [3.8, 4) is 22.9 Å². The molecule has 0 N–H and O–H groups in total. The highest BCUT2D eigenvalue weighted by atomic mass is 35.5. The second-order valence-electron chi connectivity index (χ2n) is 3.23. The van der Waals surface area contributed by atoms with Crippen molar-refractivity contribution in [3.63, 3.8) is 0 Å². The topological polar surface area (TPSA) is 57.1 Å². The van der Waals surface area contributed by atoms with Crippen molar-refractivity contribution in [2.75, 3.05) is 14.2 Å². The number of halogens is 2. The fraction of sp³-hybridized carbons (Fsp3) is 0.182. The fourth-order valence-electron chi connectivity index (χ4n) is 1.51. The Bertz CT molecular complexity index is 536. The van der Waals surface area contributed by atoms with Crippen LogP contribution in [0.25, 0.3) is 11.4 Å². The van der Waals surface area contributed by atoms with Gasteiger partial charge in [-0.05, 0) is 35.3 Å². The summed E-state index contributed by atoms with van der Waals surface area (Å²) in [6, 6.07) is 5.33. The van der Waals surface area contributed by atoms with Crippen LogP contribution in [0.5, 0.6) is 11.5 Å². The summed E-state index contributed by atoms with van der Waals surface area (Å²) < 4.78 is 10.5. The van der Waals surface area contributed by atoms with Gasteiger partial charge in [-0.3, -0.25) is 0 Å². The molecule has 0 saturated carbocycles. The second-order valence-corrected chi connectivity index (χ2v) is 3.91. The minimum absolute atomic E-state index is 0.0120. The summed E-state index contributed by atoms with van der Waals surface area (Å²) >= 11 is 11.5. The third kappa shape index (κ3) is 2.47. The molecule has 7 heteroatoms. The zero-order chi connectivity index (χ0) is 13.1. The molecule has 2 rings (SSSR count). The summed E-state index contributed by atoms with van der Waals surface area (Å²) in [5.74, 6) is 1.43. The predicted octanol–water partition coefficient (Wildman–Crippen LogP) is 2.86. The number of nitrogens with zero attached hydrogens (tertiary/aromatic N) is 3. The van der Waals surface area contributed by atoms with Gasteiger partial charge in [-0.2, -0.15) is 15.0 Å². The van der Waals surface area contributed by atoms with E-state index in [0.717, 1.165) is 0 Å². The minimum atomic E-state index is 0.0120. The van der Waals surface area contributed by atoms with Gasteiger partial charge in [0.05, 0.1) is 14.2 Å². The summed E-state index contributed by atoms with van der Waals surface area (Å²) in [4.78, 5) is 11.7. The molecule has 1 aromatic heterocycles. The van der Waals surface area contributed by atoms with Crippen LogP contribution < -0.4 is 9.47 Å². The Balaban J connectivity index is 2.68. The highest BCUT2D eigenvalue weighted by Gasteiger charge is 2.16. The maximum Gasteiger partial charge on any atom is 0.227 e. The van der Waals surface area contributed by atoms with Gasteiger partial charge in [0, 0.05) is 0 Å². The molecule has 0 aliphatic heterocycles. The summed E-state index contributed by atoms with van der Waals surface area (Å²) in [7, 11) is 3.09. The SMILES string of the molecule is COc1cccc(OC)c1-c1nc(Cl)nc(Cl)n1. The Hall–Kier alpha value is -1.59. The molecule has 1 aromatic carbocycles. The quantitative estimate of drug-likeness (QED) is 0.868. The standard InChI is InChI=1S/C11H9Cl2N3O2/c1-17-6-4-3-5-7(18-2)8(6)9-14-10(12)16-11(13)15-9/h3-5H,1-2H3. The van der Waals surface area contributed by atoms with E-state index in [4.69, 9.17) is 32.7 Å². The Kier molecular flexibility index (Phi) is 3.84. The van der Waals surface area contributed by atoms with Crippen LogP contribution >= 0.6 is 23.2 Å². The highest BCUT2D eigenvalue weighted by molar-refractivity contribution is 6.31. The molecule has 2 aromatic rings. The van der Waals surface area contributed by atoms with E-state index >= 15 is 0 Å². The summed E-state index contributed by atoms with van der Waals surface area (Å²) in [5, 5.41) is 0.0240. The third-order valence-corrected chi connectivity index (χ3v) is 2.57. The number of ether oxygens (including phenoxy) is 2. The van der Waals surface area contributed by atoms with Crippen LogP contribution in [0, 0.1) is 0 Å². The van der Waals surface area contributed by atoms with Crippen molar-refractivity contribution >= 4 is 23.2 Å². The summed E-state index contributed by atoms with van der Waals surface area (Å²) in [6.07, 6.45) is 0. The lowest BCUT2D eigenvalue weighted by Crippen LogP contribution is -1.98. The molecular weight excluding hydrogens is 277 g/mol. The van der Waals surface area contributed by atoms with Gasteiger partial charge < -0.3 is 9.47 Å². The molecule has 0 aliphatic carbocycles.